The highest BCUT2D eigenvalue weighted by molar-refractivity contribution is 7.84. The molecule has 0 saturated carbocycles. The predicted octanol–water partition coefficient (Wildman–Crippen LogP) is 2.72. The van der Waals surface area contributed by atoms with E-state index in [0.717, 1.165) is 23.6 Å². The third kappa shape index (κ3) is 3.37. The van der Waals surface area contributed by atoms with Gasteiger partial charge in [-0.15, -0.1) is 11.3 Å². The number of nitrogens with zero attached hydrogens (tertiary/aromatic N) is 1. The van der Waals surface area contributed by atoms with E-state index >= 15 is 0 Å². The number of fused-ring (bicyclic) bond motifs is 1. The average Bonchev–Trinajstić information content (AvgIpc) is 2.85. The lowest BCUT2D eigenvalue weighted by atomic mass is 10.1. The van der Waals surface area contributed by atoms with Crippen molar-refractivity contribution >= 4 is 32.4 Å². The van der Waals surface area contributed by atoms with Crippen molar-refractivity contribution in [2.75, 3.05) is 18.1 Å². The zero-order chi connectivity index (χ0) is 13.0. The normalized spacial score (nSPS) is 14.8. The van der Waals surface area contributed by atoms with E-state index in [1.165, 1.54) is 10.3 Å². The van der Waals surface area contributed by atoms with E-state index in [0.29, 0.717) is 0 Å². The van der Waals surface area contributed by atoms with Crippen LogP contribution in [0, 0.1) is 0 Å². The second-order valence-corrected chi connectivity index (χ2v) is 6.99. The monoisotopic (exact) mass is 282 g/mol. The molecule has 3 nitrogen and oxygen atoms in total. The molecule has 98 valence electrons. The molecule has 2 atom stereocenters. The first-order chi connectivity index (χ1) is 8.70. The van der Waals surface area contributed by atoms with Crippen molar-refractivity contribution in [3.63, 3.8) is 0 Å². The lowest BCUT2D eigenvalue weighted by Gasteiger charge is -2.13. The average molecular weight is 282 g/mol. The first-order valence-corrected chi connectivity index (χ1v) is 8.49. The topological polar surface area (TPSA) is 42.0 Å². The molecule has 0 aromatic carbocycles. The molecule has 0 aliphatic rings. The van der Waals surface area contributed by atoms with Crippen LogP contribution in [0.15, 0.2) is 23.7 Å². The molecule has 2 unspecified atom stereocenters. The summed E-state index contributed by atoms with van der Waals surface area (Å²) in [6.45, 7) is 4.85. The van der Waals surface area contributed by atoms with Gasteiger partial charge in [0.2, 0.25) is 0 Å². The number of pyridine rings is 1. The van der Waals surface area contributed by atoms with Gasteiger partial charge in [0.1, 0.15) is 0 Å². The summed E-state index contributed by atoms with van der Waals surface area (Å²) >= 11 is 1.71. The van der Waals surface area contributed by atoms with Gasteiger partial charge < -0.3 is 5.32 Å². The van der Waals surface area contributed by atoms with Crippen LogP contribution in [0.2, 0.25) is 0 Å². The maximum absolute atomic E-state index is 11.3. The molecule has 0 spiro atoms. The fraction of sp³-hybridized carbons (Fsp3) is 0.462. The minimum atomic E-state index is -0.692. The van der Waals surface area contributed by atoms with Crippen LogP contribution in [0.5, 0.6) is 0 Å². The summed E-state index contributed by atoms with van der Waals surface area (Å²) in [6.07, 6.45) is 1.92. The highest BCUT2D eigenvalue weighted by Crippen LogP contribution is 2.22. The second kappa shape index (κ2) is 6.41. The zero-order valence-corrected chi connectivity index (χ0v) is 12.3. The Morgan fingerprint density at radius 3 is 3.17 bits per heavy atom. The maximum Gasteiger partial charge on any atom is 0.0809 e. The quantitative estimate of drug-likeness (QED) is 0.886. The summed E-state index contributed by atoms with van der Waals surface area (Å²) in [5.74, 6) is 1.45. The summed E-state index contributed by atoms with van der Waals surface area (Å²) < 4.78 is 12.6. The van der Waals surface area contributed by atoms with Crippen molar-refractivity contribution in [1.29, 1.82) is 0 Å². The lowest BCUT2D eigenvalue weighted by molar-refractivity contribution is 0.596. The molecule has 0 fully saturated rings. The Bertz CT molecular complexity index is 539. The van der Waals surface area contributed by atoms with Crippen LogP contribution in [-0.2, 0) is 10.8 Å². The van der Waals surface area contributed by atoms with Crippen molar-refractivity contribution in [2.45, 2.75) is 19.9 Å². The summed E-state index contributed by atoms with van der Waals surface area (Å²) in [5, 5.41) is 5.45. The molecule has 18 heavy (non-hydrogen) atoms. The van der Waals surface area contributed by atoms with E-state index in [2.05, 4.69) is 28.7 Å². The molecule has 5 heteroatoms. The number of aromatic nitrogens is 1. The summed E-state index contributed by atoms with van der Waals surface area (Å²) in [4.78, 5) is 4.43. The molecule has 1 N–H and O–H groups in total. The predicted molar refractivity (Wildman–Crippen MR) is 79.6 cm³/mol. The Balaban J connectivity index is 1.95. The zero-order valence-electron chi connectivity index (χ0n) is 10.7. The number of hydrogen-bond donors (Lipinski definition) is 1. The molecular weight excluding hydrogens is 264 g/mol. The molecular formula is C13H18N2OS2. The SMILES string of the molecule is CCS(=O)CCNC(C)c1cnc2ccsc2c1. The van der Waals surface area contributed by atoms with Crippen molar-refractivity contribution in [3.05, 3.63) is 29.3 Å². The van der Waals surface area contributed by atoms with Crippen LogP contribution in [-0.4, -0.2) is 27.2 Å². The van der Waals surface area contributed by atoms with Gasteiger partial charge in [0.05, 0.1) is 10.2 Å². The molecule has 0 aliphatic heterocycles. The fourth-order valence-corrected chi connectivity index (χ4v) is 3.17. The van der Waals surface area contributed by atoms with Gasteiger partial charge in [-0.1, -0.05) is 6.92 Å². The second-order valence-electron chi connectivity index (χ2n) is 4.18. The van der Waals surface area contributed by atoms with Crippen LogP contribution < -0.4 is 5.32 Å². The van der Waals surface area contributed by atoms with Gasteiger partial charge in [-0.25, -0.2) is 0 Å². The number of rotatable bonds is 6. The van der Waals surface area contributed by atoms with Gasteiger partial charge in [0.15, 0.2) is 0 Å². The summed E-state index contributed by atoms with van der Waals surface area (Å²) in [5.41, 5.74) is 2.25. The van der Waals surface area contributed by atoms with Crippen LogP contribution in [0.1, 0.15) is 25.5 Å². The molecule has 0 bridgehead atoms. The third-order valence-electron chi connectivity index (χ3n) is 2.93. The van der Waals surface area contributed by atoms with Gasteiger partial charge in [-0.05, 0) is 30.0 Å². The number of nitrogens with one attached hydrogen (secondary N) is 1. The van der Waals surface area contributed by atoms with E-state index in [1.807, 2.05) is 19.2 Å². The van der Waals surface area contributed by atoms with Crippen LogP contribution >= 0.6 is 11.3 Å². The van der Waals surface area contributed by atoms with Gasteiger partial charge >= 0.3 is 0 Å². The minimum absolute atomic E-state index is 0.248. The van der Waals surface area contributed by atoms with E-state index in [4.69, 9.17) is 0 Å². The molecule has 2 rings (SSSR count). The van der Waals surface area contributed by atoms with Crippen molar-refractivity contribution in [3.8, 4) is 0 Å². The highest BCUT2D eigenvalue weighted by atomic mass is 32.2. The molecule has 0 amide bonds. The third-order valence-corrected chi connectivity index (χ3v) is 5.08. The van der Waals surface area contributed by atoms with Crippen molar-refractivity contribution in [1.82, 2.24) is 10.3 Å². The summed E-state index contributed by atoms with van der Waals surface area (Å²) in [7, 11) is -0.692. The molecule has 2 aromatic heterocycles. The Kier molecular flexibility index (Phi) is 4.86. The Morgan fingerprint density at radius 2 is 2.39 bits per heavy atom. The van der Waals surface area contributed by atoms with Crippen LogP contribution in [0.3, 0.4) is 0 Å². The van der Waals surface area contributed by atoms with E-state index in [-0.39, 0.29) is 6.04 Å². The first kappa shape index (κ1) is 13.6. The first-order valence-electron chi connectivity index (χ1n) is 6.12. The molecule has 2 heterocycles. The van der Waals surface area contributed by atoms with Crippen LogP contribution in [0.4, 0.5) is 0 Å². The van der Waals surface area contributed by atoms with Gasteiger partial charge in [-0.2, -0.15) is 0 Å². The van der Waals surface area contributed by atoms with Gasteiger partial charge in [0.25, 0.3) is 0 Å². The van der Waals surface area contributed by atoms with E-state index in [1.54, 1.807) is 11.3 Å². The highest BCUT2D eigenvalue weighted by Gasteiger charge is 2.07. The number of thiophene rings is 1. The fourth-order valence-electron chi connectivity index (χ4n) is 1.75. The van der Waals surface area contributed by atoms with Gasteiger partial charge in [-0.3, -0.25) is 9.19 Å². The molecule has 0 saturated heterocycles. The minimum Gasteiger partial charge on any atom is -0.309 e. The molecule has 2 aromatic rings. The van der Waals surface area contributed by atoms with Gasteiger partial charge in [0, 0.05) is 41.1 Å². The molecule has 0 radical (unpaired) electrons. The standard InChI is InChI=1S/C13H18N2OS2/c1-3-18(16)7-5-14-10(2)11-8-13-12(15-9-11)4-6-17-13/h4,6,8-10,14H,3,5,7H2,1-2H3. The Labute approximate surface area is 114 Å². The Hall–Kier alpha value is -0.780. The number of hydrogen-bond acceptors (Lipinski definition) is 4. The van der Waals surface area contributed by atoms with Crippen LogP contribution in [0.25, 0.3) is 10.2 Å². The Morgan fingerprint density at radius 1 is 1.56 bits per heavy atom. The summed E-state index contributed by atoms with van der Waals surface area (Å²) in [6, 6.07) is 4.46. The van der Waals surface area contributed by atoms with E-state index < -0.39 is 10.8 Å². The largest absolute Gasteiger partial charge is 0.309 e. The van der Waals surface area contributed by atoms with Crippen molar-refractivity contribution < 1.29 is 4.21 Å². The van der Waals surface area contributed by atoms with E-state index in [9.17, 15) is 4.21 Å². The smallest absolute Gasteiger partial charge is 0.0809 e. The molecule has 0 aliphatic carbocycles. The maximum atomic E-state index is 11.3. The lowest BCUT2D eigenvalue weighted by Crippen LogP contribution is -2.24. The van der Waals surface area contributed by atoms with Crippen molar-refractivity contribution in [2.24, 2.45) is 0 Å².